The molecule has 0 saturated carbocycles. The average molecular weight is 445 g/mol. The van der Waals surface area contributed by atoms with Crippen molar-refractivity contribution in [2.45, 2.75) is 58.8 Å². The number of guanidine groups is 1. The van der Waals surface area contributed by atoms with Crippen molar-refractivity contribution in [3.05, 3.63) is 29.1 Å². The van der Waals surface area contributed by atoms with Crippen molar-refractivity contribution >= 4 is 29.9 Å². The maximum atomic E-state index is 4.67. The summed E-state index contributed by atoms with van der Waals surface area (Å²) in [5.74, 6) is 0.938. The molecule has 3 N–H and O–H groups in total. The van der Waals surface area contributed by atoms with Gasteiger partial charge in [0.1, 0.15) is 0 Å². The predicted octanol–water partition coefficient (Wildman–Crippen LogP) is 3.71. The summed E-state index contributed by atoms with van der Waals surface area (Å²) in [5.41, 5.74) is 4.07. The molecule has 0 amide bonds. The van der Waals surface area contributed by atoms with Gasteiger partial charge in [0.2, 0.25) is 0 Å². The molecule has 6 heteroatoms. The summed E-state index contributed by atoms with van der Waals surface area (Å²) in [6, 6.07) is 0. The average Bonchev–Trinajstić information content (AvgIpc) is 2.97. The van der Waals surface area contributed by atoms with Crippen LogP contribution in [0.25, 0.3) is 0 Å². The minimum absolute atomic E-state index is 0. The Labute approximate surface area is 163 Å². The Morgan fingerprint density at radius 3 is 2.83 bits per heavy atom. The van der Waals surface area contributed by atoms with Crippen LogP contribution in [0.5, 0.6) is 0 Å². The number of halogens is 1. The molecule has 0 aromatic carbocycles. The molecule has 0 bridgehead atoms. The van der Waals surface area contributed by atoms with E-state index < -0.39 is 0 Å². The normalized spacial score (nSPS) is 14.8. The van der Waals surface area contributed by atoms with Gasteiger partial charge in [-0.25, -0.2) is 0 Å². The summed E-state index contributed by atoms with van der Waals surface area (Å²) in [6.45, 7) is 6.88. The van der Waals surface area contributed by atoms with Crippen molar-refractivity contribution in [3.63, 3.8) is 0 Å². The van der Waals surface area contributed by atoms with Gasteiger partial charge in [-0.1, -0.05) is 11.6 Å². The standard InChI is InChI=1S/C18H31N5.HI/c1-3-19-18(21-13-11-16-8-5-4-6-9-16)20-12-7-10-17-14-22-23-15(17)2;/h8,14H,3-7,9-13H2,1-2H3,(H,22,23)(H2,19,20,21);1H. The summed E-state index contributed by atoms with van der Waals surface area (Å²) < 4.78 is 0. The second kappa shape index (κ2) is 12.3. The Kier molecular flexibility index (Phi) is 10.8. The number of aliphatic imine (C=N–C) groups is 1. The maximum absolute atomic E-state index is 4.67. The van der Waals surface area contributed by atoms with Crippen LogP contribution in [0.15, 0.2) is 22.8 Å². The molecule has 1 aromatic heterocycles. The first-order valence-electron chi connectivity index (χ1n) is 8.98. The molecule has 0 saturated heterocycles. The van der Waals surface area contributed by atoms with Gasteiger partial charge in [-0.2, -0.15) is 5.10 Å². The third kappa shape index (κ3) is 7.68. The molecule has 1 aliphatic rings. The lowest BCUT2D eigenvalue weighted by Gasteiger charge is -2.15. The monoisotopic (exact) mass is 445 g/mol. The van der Waals surface area contributed by atoms with E-state index in [-0.39, 0.29) is 24.0 Å². The quantitative estimate of drug-likeness (QED) is 0.188. The van der Waals surface area contributed by atoms with Crippen LogP contribution in [0.1, 0.15) is 56.7 Å². The number of aromatic amines is 1. The molecule has 1 heterocycles. The number of aryl methyl sites for hydroxylation is 2. The van der Waals surface area contributed by atoms with Crippen LogP contribution in [0.4, 0.5) is 0 Å². The molecule has 0 unspecified atom stereocenters. The molecule has 0 aliphatic heterocycles. The summed E-state index contributed by atoms with van der Waals surface area (Å²) in [7, 11) is 0. The summed E-state index contributed by atoms with van der Waals surface area (Å²) in [4.78, 5) is 4.67. The first-order chi connectivity index (χ1) is 11.3. The van der Waals surface area contributed by atoms with E-state index in [1.807, 2.05) is 6.20 Å². The van der Waals surface area contributed by atoms with E-state index in [0.29, 0.717) is 0 Å². The van der Waals surface area contributed by atoms with Crippen LogP contribution < -0.4 is 10.6 Å². The van der Waals surface area contributed by atoms with E-state index in [2.05, 4.69) is 45.7 Å². The fourth-order valence-electron chi connectivity index (χ4n) is 2.90. The third-order valence-electron chi connectivity index (χ3n) is 4.28. The molecule has 0 spiro atoms. The first kappa shape index (κ1) is 21.0. The molecular weight excluding hydrogens is 413 g/mol. The second-order valence-corrected chi connectivity index (χ2v) is 6.17. The van der Waals surface area contributed by atoms with Crippen molar-refractivity contribution in [1.82, 2.24) is 20.8 Å². The second-order valence-electron chi connectivity index (χ2n) is 6.17. The number of rotatable bonds is 8. The fourth-order valence-corrected chi connectivity index (χ4v) is 2.90. The maximum Gasteiger partial charge on any atom is 0.191 e. The third-order valence-corrected chi connectivity index (χ3v) is 4.28. The fraction of sp³-hybridized carbons (Fsp3) is 0.667. The number of hydrogen-bond acceptors (Lipinski definition) is 2. The molecule has 136 valence electrons. The topological polar surface area (TPSA) is 65.1 Å². The molecule has 0 atom stereocenters. The SMILES string of the molecule is CCNC(=NCCCc1cn[nH]c1C)NCCC1=CCCCC1.I. The highest BCUT2D eigenvalue weighted by Gasteiger charge is 2.04. The number of nitrogens with one attached hydrogen (secondary N) is 3. The van der Waals surface area contributed by atoms with E-state index in [4.69, 9.17) is 0 Å². The zero-order valence-corrected chi connectivity index (χ0v) is 17.4. The van der Waals surface area contributed by atoms with Crippen molar-refractivity contribution in [2.75, 3.05) is 19.6 Å². The van der Waals surface area contributed by atoms with Gasteiger partial charge in [0, 0.05) is 25.3 Å². The molecule has 5 nitrogen and oxygen atoms in total. The van der Waals surface area contributed by atoms with Gasteiger partial charge < -0.3 is 10.6 Å². The molecule has 2 rings (SSSR count). The molecule has 0 fully saturated rings. The van der Waals surface area contributed by atoms with Crippen molar-refractivity contribution < 1.29 is 0 Å². The summed E-state index contributed by atoms with van der Waals surface area (Å²) in [6.07, 6.45) is 12.8. The highest BCUT2D eigenvalue weighted by Crippen LogP contribution is 2.19. The largest absolute Gasteiger partial charge is 0.357 e. The van der Waals surface area contributed by atoms with Crippen LogP contribution >= 0.6 is 24.0 Å². The van der Waals surface area contributed by atoms with Gasteiger partial charge in [-0.15, -0.1) is 24.0 Å². The lowest BCUT2D eigenvalue weighted by atomic mass is 9.97. The van der Waals surface area contributed by atoms with Crippen LogP contribution in [-0.2, 0) is 6.42 Å². The van der Waals surface area contributed by atoms with Crippen molar-refractivity contribution in [2.24, 2.45) is 4.99 Å². The van der Waals surface area contributed by atoms with Gasteiger partial charge in [0.15, 0.2) is 5.96 Å². The van der Waals surface area contributed by atoms with E-state index in [9.17, 15) is 0 Å². The van der Waals surface area contributed by atoms with Crippen LogP contribution in [0.3, 0.4) is 0 Å². The van der Waals surface area contributed by atoms with Gasteiger partial charge in [-0.3, -0.25) is 10.1 Å². The summed E-state index contributed by atoms with van der Waals surface area (Å²) >= 11 is 0. The van der Waals surface area contributed by atoms with E-state index in [1.165, 1.54) is 36.9 Å². The Morgan fingerprint density at radius 2 is 2.17 bits per heavy atom. The Hall–Kier alpha value is -1.05. The van der Waals surface area contributed by atoms with Crippen molar-refractivity contribution in [3.8, 4) is 0 Å². The molecule has 1 aliphatic carbocycles. The Balaban J connectivity index is 0.00000288. The predicted molar refractivity (Wildman–Crippen MR) is 112 cm³/mol. The first-order valence-corrected chi connectivity index (χ1v) is 8.98. The minimum atomic E-state index is 0. The zero-order chi connectivity index (χ0) is 16.3. The zero-order valence-electron chi connectivity index (χ0n) is 15.0. The number of aromatic nitrogens is 2. The Morgan fingerprint density at radius 1 is 1.29 bits per heavy atom. The highest BCUT2D eigenvalue weighted by atomic mass is 127. The minimum Gasteiger partial charge on any atom is -0.357 e. The smallest absolute Gasteiger partial charge is 0.191 e. The van der Waals surface area contributed by atoms with Crippen LogP contribution in [-0.4, -0.2) is 35.8 Å². The van der Waals surface area contributed by atoms with Gasteiger partial charge in [0.05, 0.1) is 6.20 Å². The van der Waals surface area contributed by atoms with Crippen LogP contribution in [0, 0.1) is 6.92 Å². The van der Waals surface area contributed by atoms with E-state index >= 15 is 0 Å². The summed E-state index contributed by atoms with van der Waals surface area (Å²) in [5, 5.41) is 13.8. The number of nitrogens with zero attached hydrogens (tertiary/aromatic N) is 2. The molecule has 0 radical (unpaired) electrons. The molecular formula is C18H32IN5. The Bertz CT molecular complexity index is 521. The number of H-pyrrole nitrogens is 1. The van der Waals surface area contributed by atoms with E-state index in [1.54, 1.807) is 5.57 Å². The molecule has 24 heavy (non-hydrogen) atoms. The lowest BCUT2D eigenvalue weighted by Crippen LogP contribution is -2.38. The van der Waals surface area contributed by atoms with E-state index in [0.717, 1.165) is 44.9 Å². The number of allylic oxidation sites excluding steroid dienone is 1. The number of hydrogen-bond donors (Lipinski definition) is 3. The van der Waals surface area contributed by atoms with Gasteiger partial charge in [-0.05, 0) is 64.4 Å². The van der Waals surface area contributed by atoms with Gasteiger partial charge in [0.25, 0.3) is 0 Å². The lowest BCUT2D eigenvalue weighted by molar-refractivity contribution is 0.665. The van der Waals surface area contributed by atoms with Crippen molar-refractivity contribution in [1.29, 1.82) is 0 Å². The van der Waals surface area contributed by atoms with Crippen LogP contribution in [0.2, 0.25) is 0 Å². The molecule has 1 aromatic rings. The van der Waals surface area contributed by atoms with Gasteiger partial charge >= 0.3 is 0 Å². The highest BCUT2D eigenvalue weighted by molar-refractivity contribution is 14.0.